The van der Waals surface area contributed by atoms with E-state index in [1.54, 1.807) is 11.3 Å². The van der Waals surface area contributed by atoms with Gasteiger partial charge in [-0.25, -0.2) is 4.68 Å². The Labute approximate surface area is 162 Å². The average Bonchev–Trinajstić information content (AvgIpc) is 3.38. The largest absolute Gasteiger partial charge is 0.494 e. The Morgan fingerprint density at radius 3 is 2.92 bits per heavy atom. The first-order valence-electron chi connectivity index (χ1n) is 9.02. The number of hydrogen-bond acceptors (Lipinski definition) is 4. The van der Waals surface area contributed by atoms with Gasteiger partial charge >= 0.3 is 0 Å². The van der Waals surface area contributed by atoms with E-state index < -0.39 is 0 Å². The molecule has 1 unspecified atom stereocenters. The monoisotopic (exact) mass is 387 g/mol. The molecule has 0 spiro atoms. The normalized spacial score (nSPS) is 19.7. The zero-order chi connectivity index (χ0) is 17.9. The molecule has 1 aliphatic heterocycles. The lowest BCUT2D eigenvalue weighted by molar-refractivity contribution is -0.941. The Kier molecular flexibility index (Phi) is 5.19. The van der Waals surface area contributed by atoms with Gasteiger partial charge in [-0.2, -0.15) is 4.98 Å². The highest BCUT2D eigenvalue weighted by Crippen LogP contribution is 2.23. The van der Waals surface area contributed by atoms with Crippen LogP contribution >= 0.6 is 23.6 Å². The van der Waals surface area contributed by atoms with Gasteiger partial charge in [0.2, 0.25) is 4.77 Å². The van der Waals surface area contributed by atoms with Gasteiger partial charge in [-0.05, 0) is 54.9 Å². The van der Waals surface area contributed by atoms with Crippen LogP contribution in [0.25, 0.3) is 10.7 Å². The number of nitrogens with zero attached hydrogens (tertiary/aromatic N) is 2. The molecule has 7 heteroatoms. The van der Waals surface area contributed by atoms with Gasteiger partial charge in [0.25, 0.3) is 0 Å². The smallest absolute Gasteiger partial charge is 0.221 e. The second-order valence-electron chi connectivity index (χ2n) is 6.52. The Balaban J connectivity index is 1.51. The van der Waals surface area contributed by atoms with Crippen LogP contribution in [0.2, 0.25) is 0 Å². The van der Waals surface area contributed by atoms with E-state index in [2.05, 4.69) is 45.8 Å². The lowest BCUT2D eigenvalue weighted by Gasteiger charge is -2.22. The molecule has 0 bridgehead atoms. The minimum absolute atomic E-state index is 0.487. The van der Waals surface area contributed by atoms with Crippen LogP contribution in [0.15, 0.2) is 41.8 Å². The molecule has 5 nitrogen and oxygen atoms in total. The third-order valence-electron chi connectivity index (χ3n) is 4.87. The van der Waals surface area contributed by atoms with Crippen LogP contribution in [-0.4, -0.2) is 27.9 Å². The summed E-state index contributed by atoms with van der Waals surface area (Å²) in [6, 6.07) is 13.1. The van der Waals surface area contributed by atoms with E-state index >= 15 is 0 Å². The van der Waals surface area contributed by atoms with E-state index in [4.69, 9.17) is 17.0 Å². The van der Waals surface area contributed by atoms with Gasteiger partial charge in [-0.1, -0.05) is 6.07 Å². The predicted octanol–water partition coefficient (Wildman–Crippen LogP) is 3.45. The summed E-state index contributed by atoms with van der Waals surface area (Å²) >= 11 is 7.15. The Morgan fingerprint density at radius 2 is 2.19 bits per heavy atom. The number of ether oxygens (including phenoxy) is 1. The standard InChI is InChI=1S/C19H22N4OS2/c1-2-24-15-9-7-14(8-10-15)16-5-3-11-22(16)13-23-19(25)20-18(21-23)17-6-4-12-26-17/h4,6-10,12,16H,2-3,5,11,13H2,1H3,(H,20,21,25)/p+1/t16-/m0/s1. The highest BCUT2D eigenvalue weighted by Gasteiger charge is 2.30. The summed E-state index contributed by atoms with van der Waals surface area (Å²) < 4.78 is 8.19. The summed E-state index contributed by atoms with van der Waals surface area (Å²) in [6.07, 6.45) is 2.43. The molecule has 3 aromatic rings. The number of aromatic amines is 1. The molecule has 0 radical (unpaired) electrons. The van der Waals surface area contributed by atoms with Gasteiger partial charge in [0.1, 0.15) is 11.8 Å². The lowest BCUT2D eigenvalue weighted by atomic mass is 10.0. The number of quaternary nitrogens is 1. The van der Waals surface area contributed by atoms with Crippen molar-refractivity contribution in [3.63, 3.8) is 0 Å². The molecule has 1 fully saturated rings. The van der Waals surface area contributed by atoms with Crippen LogP contribution in [0.3, 0.4) is 0 Å². The van der Waals surface area contributed by atoms with Crippen LogP contribution in [0.4, 0.5) is 0 Å². The number of hydrogen-bond donors (Lipinski definition) is 2. The van der Waals surface area contributed by atoms with E-state index in [0.29, 0.717) is 17.4 Å². The van der Waals surface area contributed by atoms with E-state index in [-0.39, 0.29) is 0 Å². The van der Waals surface area contributed by atoms with Gasteiger partial charge in [0, 0.05) is 18.4 Å². The first-order chi connectivity index (χ1) is 12.7. The molecule has 2 atom stereocenters. The Morgan fingerprint density at radius 1 is 1.35 bits per heavy atom. The zero-order valence-corrected chi connectivity index (χ0v) is 16.4. The minimum Gasteiger partial charge on any atom is -0.494 e. The molecule has 1 aromatic carbocycles. The fourth-order valence-electron chi connectivity index (χ4n) is 3.66. The SMILES string of the molecule is CCOc1ccc([C@@H]2CCC[NH+]2Cn2[nH]c(-c3cccs3)nc2=S)cc1. The van der Waals surface area contributed by atoms with E-state index in [9.17, 15) is 0 Å². The summed E-state index contributed by atoms with van der Waals surface area (Å²) in [5, 5.41) is 5.43. The quantitative estimate of drug-likeness (QED) is 0.637. The maximum absolute atomic E-state index is 5.56. The number of benzene rings is 1. The summed E-state index contributed by atoms with van der Waals surface area (Å²) in [5.41, 5.74) is 1.37. The summed E-state index contributed by atoms with van der Waals surface area (Å²) in [4.78, 5) is 7.17. The number of likely N-dealkylation sites (tertiary alicyclic amines) is 1. The van der Waals surface area contributed by atoms with Crippen LogP contribution in [-0.2, 0) is 6.67 Å². The summed E-state index contributed by atoms with van der Waals surface area (Å²) in [7, 11) is 0. The third kappa shape index (κ3) is 3.60. The van der Waals surface area contributed by atoms with Crippen molar-refractivity contribution in [2.24, 2.45) is 0 Å². The predicted molar refractivity (Wildman–Crippen MR) is 106 cm³/mol. The van der Waals surface area contributed by atoms with E-state index in [1.165, 1.54) is 23.3 Å². The first kappa shape index (κ1) is 17.5. The van der Waals surface area contributed by atoms with Gasteiger partial charge in [0.15, 0.2) is 12.5 Å². The van der Waals surface area contributed by atoms with Crippen molar-refractivity contribution in [1.82, 2.24) is 14.8 Å². The Hall–Kier alpha value is -1.96. The molecular formula is C19H23N4OS2+. The summed E-state index contributed by atoms with van der Waals surface area (Å²) in [5.74, 6) is 1.80. The van der Waals surface area contributed by atoms with Gasteiger partial charge in [0.05, 0.1) is 18.0 Å². The molecule has 136 valence electrons. The van der Waals surface area contributed by atoms with Crippen LogP contribution < -0.4 is 9.64 Å². The maximum Gasteiger partial charge on any atom is 0.221 e. The van der Waals surface area contributed by atoms with Gasteiger partial charge < -0.3 is 9.64 Å². The minimum atomic E-state index is 0.487. The topological polar surface area (TPSA) is 47.3 Å². The average molecular weight is 388 g/mol. The molecule has 26 heavy (non-hydrogen) atoms. The highest BCUT2D eigenvalue weighted by atomic mass is 32.1. The number of H-pyrrole nitrogens is 1. The second-order valence-corrected chi connectivity index (χ2v) is 7.84. The molecular weight excluding hydrogens is 364 g/mol. The van der Waals surface area contributed by atoms with Crippen molar-refractivity contribution >= 4 is 23.6 Å². The van der Waals surface area contributed by atoms with E-state index in [1.807, 2.05) is 17.7 Å². The highest BCUT2D eigenvalue weighted by molar-refractivity contribution is 7.71. The number of nitrogens with one attached hydrogen (secondary N) is 2. The zero-order valence-electron chi connectivity index (χ0n) is 14.8. The number of rotatable bonds is 6. The lowest BCUT2D eigenvalue weighted by Crippen LogP contribution is -3.09. The van der Waals surface area contributed by atoms with Crippen LogP contribution in [0.1, 0.15) is 31.4 Å². The molecule has 4 rings (SSSR count). The van der Waals surface area contributed by atoms with Crippen molar-refractivity contribution in [3.8, 4) is 16.5 Å². The van der Waals surface area contributed by atoms with Crippen molar-refractivity contribution in [1.29, 1.82) is 0 Å². The Bertz CT molecular complexity index is 899. The van der Waals surface area contributed by atoms with Crippen molar-refractivity contribution in [3.05, 3.63) is 52.1 Å². The van der Waals surface area contributed by atoms with Crippen molar-refractivity contribution in [2.75, 3.05) is 13.2 Å². The molecule has 0 saturated carbocycles. The second kappa shape index (κ2) is 7.73. The van der Waals surface area contributed by atoms with Gasteiger partial charge in [-0.3, -0.25) is 5.10 Å². The molecule has 2 N–H and O–H groups in total. The fourth-order valence-corrected chi connectivity index (χ4v) is 4.52. The molecule has 2 aromatic heterocycles. The van der Waals surface area contributed by atoms with Crippen molar-refractivity contribution < 1.29 is 9.64 Å². The fraction of sp³-hybridized carbons (Fsp3) is 0.368. The molecule has 1 aliphatic rings. The van der Waals surface area contributed by atoms with Crippen molar-refractivity contribution in [2.45, 2.75) is 32.5 Å². The molecule has 0 amide bonds. The summed E-state index contributed by atoms with van der Waals surface area (Å²) in [6.45, 7) is 4.67. The van der Waals surface area contributed by atoms with Gasteiger partial charge in [-0.15, -0.1) is 11.3 Å². The van der Waals surface area contributed by atoms with Crippen LogP contribution in [0.5, 0.6) is 5.75 Å². The molecule has 1 saturated heterocycles. The number of aromatic nitrogens is 3. The maximum atomic E-state index is 5.56. The third-order valence-corrected chi connectivity index (χ3v) is 6.06. The van der Waals surface area contributed by atoms with Crippen LogP contribution in [0, 0.1) is 4.77 Å². The molecule has 3 heterocycles. The first-order valence-corrected chi connectivity index (χ1v) is 10.3. The molecule has 0 aliphatic carbocycles. The van der Waals surface area contributed by atoms with E-state index in [0.717, 1.165) is 29.7 Å². The number of thiophene rings is 1.